The molecule has 5 nitrogen and oxygen atoms in total. The first-order chi connectivity index (χ1) is 8.70. The Labute approximate surface area is 106 Å². The summed E-state index contributed by atoms with van der Waals surface area (Å²) in [6, 6.07) is 3.68. The lowest BCUT2D eigenvalue weighted by Gasteiger charge is -2.16. The molecule has 2 heterocycles. The topological polar surface area (TPSA) is 62.6 Å². The zero-order valence-corrected chi connectivity index (χ0v) is 10.6. The van der Waals surface area contributed by atoms with Crippen LogP contribution in [0.5, 0.6) is 0 Å². The Morgan fingerprint density at radius 3 is 2.39 bits per heavy atom. The molecule has 1 aromatic rings. The maximum Gasteiger partial charge on any atom is 0.229 e. The second-order valence-electron chi connectivity index (χ2n) is 4.48. The molecule has 1 aromatic heterocycles. The molecule has 1 N–H and O–H groups in total. The molecule has 1 aliphatic heterocycles. The summed E-state index contributed by atoms with van der Waals surface area (Å²) in [6.07, 6.45) is 2.50. The Hall–Kier alpha value is -1.62. The number of furan rings is 1. The van der Waals surface area contributed by atoms with E-state index in [9.17, 15) is 9.59 Å². The number of likely N-dealkylation sites (tertiary alicyclic amines) is 1. The van der Waals surface area contributed by atoms with Crippen LogP contribution in [-0.2, 0) is 22.7 Å². The van der Waals surface area contributed by atoms with Gasteiger partial charge in [-0.1, -0.05) is 0 Å². The van der Waals surface area contributed by atoms with E-state index in [2.05, 4.69) is 5.32 Å². The van der Waals surface area contributed by atoms with E-state index in [0.717, 1.165) is 18.6 Å². The predicted molar refractivity (Wildman–Crippen MR) is 65.5 cm³/mol. The van der Waals surface area contributed by atoms with Crippen LogP contribution in [0.1, 0.15) is 37.2 Å². The summed E-state index contributed by atoms with van der Waals surface area (Å²) < 4.78 is 5.56. The van der Waals surface area contributed by atoms with Gasteiger partial charge in [0, 0.05) is 12.8 Å². The second-order valence-corrected chi connectivity index (χ2v) is 4.48. The summed E-state index contributed by atoms with van der Waals surface area (Å²) in [5, 5.41) is 2.99. The number of rotatable bonds is 4. The molecular formula is C13H18N2O3. The number of hydrogen-bond donors (Lipinski definition) is 1. The van der Waals surface area contributed by atoms with Crippen molar-refractivity contribution in [3.63, 3.8) is 0 Å². The lowest BCUT2D eigenvalue weighted by molar-refractivity contribution is -0.144. The zero-order chi connectivity index (χ0) is 13.0. The minimum atomic E-state index is -0.0935. The molecule has 1 aliphatic rings. The van der Waals surface area contributed by atoms with Crippen LogP contribution in [0, 0.1) is 0 Å². The van der Waals surface area contributed by atoms with Gasteiger partial charge in [-0.25, -0.2) is 0 Å². The fraction of sp³-hybridized carbons (Fsp3) is 0.538. The number of nitrogens with one attached hydrogen (secondary N) is 1. The van der Waals surface area contributed by atoms with Crippen molar-refractivity contribution in [2.75, 3.05) is 7.05 Å². The molecule has 0 spiro atoms. The molecule has 2 rings (SSSR count). The third-order valence-electron chi connectivity index (χ3n) is 3.02. The number of imide groups is 1. The highest BCUT2D eigenvalue weighted by Crippen LogP contribution is 2.17. The SMILES string of the molecule is CNCc1ccc(CN2C(=O)CCCCC2=O)o1. The van der Waals surface area contributed by atoms with Crippen molar-refractivity contribution in [1.82, 2.24) is 10.2 Å². The normalized spacial score (nSPS) is 17.1. The van der Waals surface area contributed by atoms with Crippen LogP contribution in [0.3, 0.4) is 0 Å². The molecule has 2 amide bonds. The minimum Gasteiger partial charge on any atom is -0.463 e. The summed E-state index contributed by atoms with van der Waals surface area (Å²) in [7, 11) is 1.84. The maximum atomic E-state index is 11.8. The van der Waals surface area contributed by atoms with E-state index >= 15 is 0 Å². The van der Waals surface area contributed by atoms with Crippen LogP contribution in [0.15, 0.2) is 16.5 Å². The summed E-state index contributed by atoms with van der Waals surface area (Å²) in [4.78, 5) is 24.9. The Kier molecular flexibility index (Phi) is 4.15. The largest absolute Gasteiger partial charge is 0.463 e. The van der Waals surface area contributed by atoms with Gasteiger partial charge in [0.1, 0.15) is 11.5 Å². The van der Waals surface area contributed by atoms with Crippen molar-refractivity contribution in [1.29, 1.82) is 0 Å². The van der Waals surface area contributed by atoms with Crippen LogP contribution < -0.4 is 5.32 Å². The first kappa shape index (κ1) is 12.8. The van der Waals surface area contributed by atoms with E-state index < -0.39 is 0 Å². The van der Waals surface area contributed by atoms with Gasteiger partial charge < -0.3 is 9.73 Å². The van der Waals surface area contributed by atoms with Gasteiger partial charge in [0.05, 0.1) is 13.1 Å². The Morgan fingerprint density at radius 2 is 1.78 bits per heavy atom. The van der Waals surface area contributed by atoms with Gasteiger partial charge >= 0.3 is 0 Å². The lowest BCUT2D eigenvalue weighted by atomic mass is 10.2. The van der Waals surface area contributed by atoms with Crippen LogP contribution in [-0.4, -0.2) is 23.8 Å². The van der Waals surface area contributed by atoms with Gasteiger partial charge in [-0.3, -0.25) is 14.5 Å². The van der Waals surface area contributed by atoms with Crippen molar-refractivity contribution in [3.05, 3.63) is 23.7 Å². The first-order valence-electron chi connectivity index (χ1n) is 6.26. The molecule has 0 saturated carbocycles. The van der Waals surface area contributed by atoms with E-state index in [1.807, 2.05) is 19.2 Å². The lowest BCUT2D eigenvalue weighted by Crippen LogP contribution is -2.34. The highest BCUT2D eigenvalue weighted by molar-refractivity contribution is 5.95. The molecule has 0 radical (unpaired) electrons. The van der Waals surface area contributed by atoms with E-state index in [-0.39, 0.29) is 18.4 Å². The fourth-order valence-electron chi connectivity index (χ4n) is 2.07. The number of nitrogens with zero attached hydrogens (tertiary/aromatic N) is 1. The molecular weight excluding hydrogens is 232 g/mol. The zero-order valence-electron chi connectivity index (χ0n) is 10.6. The summed E-state index contributed by atoms with van der Waals surface area (Å²) in [5.74, 6) is 1.28. The van der Waals surface area contributed by atoms with E-state index in [1.165, 1.54) is 4.90 Å². The third kappa shape index (κ3) is 2.98. The Balaban J connectivity index is 2.05. The highest BCUT2D eigenvalue weighted by atomic mass is 16.3. The second kappa shape index (κ2) is 5.82. The van der Waals surface area contributed by atoms with E-state index in [4.69, 9.17) is 4.42 Å². The van der Waals surface area contributed by atoms with Crippen molar-refractivity contribution < 1.29 is 14.0 Å². The van der Waals surface area contributed by atoms with Crippen molar-refractivity contribution in [2.45, 2.75) is 38.8 Å². The van der Waals surface area contributed by atoms with Crippen molar-refractivity contribution in [2.24, 2.45) is 0 Å². The molecule has 98 valence electrons. The molecule has 0 atom stereocenters. The van der Waals surface area contributed by atoms with Gasteiger partial charge in [0.15, 0.2) is 0 Å². The van der Waals surface area contributed by atoms with Crippen molar-refractivity contribution in [3.8, 4) is 0 Å². The molecule has 0 aliphatic carbocycles. The van der Waals surface area contributed by atoms with Crippen LogP contribution >= 0.6 is 0 Å². The average molecular weight is 250 g/mol. The monoisotopic (exact) mass is 250 g/mol. The van der Waals surface area contributed by atoms with Crippen LogP contribution in [0.4, 0.5) is 0 Å². The average Bonchev–Trinajstić information content (AvgIpc) is 2.72. The van der Waals surface area contributed by atoms with Gasteiger partial charge in [-0.15, -0.1) is 0 Å². The van der Waals surface area contributed by atoms with Crippen LogP contribution in [0.25, 0.3) is 0 Å². The summed E-state index contributed by atoms with van der Waals surface area (Å²) in [5.41, 5.74) is 0. The van der Waals surface area contributed by atoms with E-state index in [1.54, 1.807) is 0 Å². The van der Waals surface area contributed by atoms with Gasteiger partial charge in [0.2, 0.25) is 11.8 Å². The predicted octanol–water partition coefficient (Wildman–Crippen LogP) is 1.43. The number of carbonyl (C=O) groups is 2. The fourth-order valence-corrected chi connectivity index (χ4v) is 2.07. The number of amides is 2. The van der Waals surface area contributed by atoms with Gasteiger partial charge in [-0.2, -0.15) is 0 Å². The van der Waals surface area contributed by atoms with Gasteiger partial charge in [-0.05, 0) is 32.0 Å². The quantitative estimate of drug-likeness (QED) is 0.821. The molecule has 0 bridgehead atoms. The molecule has 1 fully saturated rings. The molecule has 0 aromatic carbocycles. The number of carbonyl (C=O) groups excluding carboxylic acids is 2. The van der Waals surface area contributed by atoms with Crippen molar-refractivity contribution >= 4 is 11.8 Å². The highest BCUT2D eigenvalue weighted by Gasteiger charge is 2.24. The smallest absolute Gasteiger partial charge is 0.229 e. The van der Waals surface area contributed by atoms with Gasteiger partial charge in [0.25, 0.3) is 0 Å². The maximum absolute atomic E-state index is 11.8. The third-order valence-corrected chi connectivity index (χ3v) is 3.02. The standard InChI is InChI=1S/C13H18N2O3/c1-14-8-10-6-7-11(18-10)9-15-12(16)4-2-3-5-13(15)17/h6-7,14H,2-5,8-9H2,1H3. The Bertz CT molecular complexity index is 421. The molecule has 5 heteroatoms. The summed E-state index contributed by atoms with van der Waals surface area (Å²) in [6.45, 7) is 0.892. The minimum absolute atomic E-state index is 0.0935. The molecule has 0 unspecified atom stereocenters. The Morgan fingerprint density at radius 1 is 1.17 bits per heavy atom. The number of hydrogen-bond acceptors (Lipinski definition) is 4. The van der Waals surface area contributed by atoms with E-state index in [0.29, 0.717) is 25.1 Å². The van der Waals surface area contributed by atoms with Crippen LogP contribution in [0.2, 0.25) is 0 Å². The first-order valence-corrected chi connectivity index (χ1v) is 6.26. The summed E-state index contributed by atoms with van der Waals surface area (Å²) >= 11 is 0. The molecule has 18 heavy (non-hydrogen) atoms. The molecule has 1 saturated heterocycles.